The van der Waals surface area contributed by atoms with Crippen molar-refractivity contribution in [3.05, 3.63) is 0 Å². The van der Waals surface area contributed by atoms with Crippen molar-refractivity contribution >= 4 is 8.60 Å². The summed E-state index contributed by atoms with van der Waals surface area (Å²) in [7, 11) is -2.62. The minimum Gasteiger partial charge on any atom is -0.328 e. The van der Waals surface area contributed by atoms with Crippen LogP contribution in [0.25, 0.3) is 0 Å². The molecule has 0 unspecified atom stereocenters. The fourth-order valence-electron chi connectivity index (χ4n) is 0.677. The summed E-state index contributed by atoms with van der Waals surface area (Å²) in [5.41, 5.74) is 0. The number of hydrogen-bond acceptors (Lipinski definition) is 3. The third-order valence-electron chi connectivity index (χ3n) is 1.21. The van der Waals surface area contributed by atoms with Gasteiger partial charge in [-0.2, -0.15) is 0 Å². The molecule has 0 radical (unpaired) electrons. The average Bonchev–Trinajstić information content (AvgIpc) is 1.88. The summed E-state index contributed by atoms with van der Waals surface area (Å²) in [6.07, 6.45) is 7.01. The molecule has 4 heteroatoms. The average molecular weight is 182 g/mol. The molecule has 0 aromatic heterocycles. The van der Waals surface area contributed by atoms with Crippen LogP contribution in [0.1, 0.15) is 46.0 Å². The fourth-order valence-corrected chi connectivity index (χ4v) is 0.677. The van der Waals surface area contributed by atoms with Gasteiger partial charge in [0.15, 0.2) is 0 Å². The lowest BCUT2D eigenvalue weighted by molar-refractivity contribution is 0.368. The van der Waals surface area contributed by atoms with E-state index in [1.165, 1.54) is 32.1 Å². The molecule has 0 amide bonds. The maximum Gasteiger partial charge on any atom is 0.324 e. The molecule has 0 aromatic rings. The number of unbranched alkanes of at least 4 members (excludes halogenated alkanes) is 4. The first-order valence-electron chi connectivity index (χ1n) is 4.01. The normalized spacial score (nSPS) is 9.27. The SMILES string of the molecule is CCCCCCC.OP(O)O. The van der Waals surface area contributed by atoms with Gasteiger partial charge < -0.3 is 14.7 Å². The second-order valence-corrected chi connectivity index (χ2v) is 2.87. The zero-order chi connectivity index (χ0) is 9.11. The molecular formula is C7H19O3P. The molecule has 3 N–H and O–H groups in total. The van der Waals surface area contributed by atoms with E-state index >= 15 is 0 Å². The van der Waals surface area contributed by atoms with Crippen LogP contribution in [0.5, 0.6) is 0 Å². The Labute approximate surface area is 70.1 Å². The van der Waals surface area contributed by atoms with Crippen LogP contribution in [0.3, 0.4) is 0 Å². The lowest BCUT2D eigenvalue weighted by Gasteiger charge is -1.90. The second kappa shape index (κ2) is 12.9. The van der Waals surface area contributed by atoms with Crippen LogP contribution in [0.2, 0.25) is 0 Å². The number of rotatable bonds is 4. The molecule has 0 heterocycles. The lowest BCUT2D eigenvalue weighted by Crippen LogP contribution is -1.70. The van der Waals surface area contributed by atoms with Crippen LogP contribution in [0.4, 0.5) is 0 Å². The lowest BCUT2D eigenvalue weighted by atomic mass is 10.2. The molecule has 0 aliphatic rings. The maximum atomic E-state index is 7.23. The molecule has 0 spiro atoms. The summed E-state index contributed by atoms with van der Waals surface area (Å²) in [5.74, 6) is 0. The van der Waals surface area contributed by atoms with Crippen LogP contribution in [0.15, 0.2) is 0 Å². The summed E-state index contributed by atoms with van der Waals surface area (Å²) in [6.45, 7) is 4.49. The molecule has 0 rings (SSSR count). The predicted octanol–water partition coefficient (Wildman–Crippen LogP) is 2.17. The Balaban J connectivity index is 0. The Kier molecular flexibility index (Phi) is 16.3. The largest absolute Gasteiger partial charge is 0.328 e. The standard InChI is InChI=1S/C7H16.H3O3P/c1-3-5-7-6-4-2;1-4(2)3/h3-7H2,1-2H3;1-3H. The zero-order valence-electron chi connectivity index (χ0n) is 7.32. The quantitative estimate of drug-likeness (QED) is 0.461. The highest BCUT2D eigenvalue weighted by Crippen LogP contribution is 2.11. The third-order valence-corrected chi connectivity index (χ3v) is 1.21. The van der Waals surface area contributed by atoms with E-state index < -0.39 is 8.60 Å². The van der Waals surface area contributed by atoms with Crippen molar-refractivity contribution in [1.29, 1.82) is 0 Å². The van der Waals surface area contributed by atoms with E-state index in [9.17, 15) is 0 Å². The summed E-state index contributed by atoms with van der Waals surface area (Å²) in [4.78, 5) is 21.7. The van der Waals surface area contributed by atoms with Crippen molar-refractivity contribution in [3.8, 4) is 0 Å². The van der Waals surface area contributed by atoms with E-state index in [0.29, 0.717) is 0 Å². The van der Waals surface area contributed by atoms with Crippen molar-refractivity contribution in [2.45, 2.75) is 46.0 Å². The molecule has 0 atom stereocenters. The van der Waals surface area contributed by atoms with Crippen LogP contribution < -0.4 is 0 Å². The first-order chi connectivity index (χ1) is 5.15. The molecule has 70 valence electrons. The van der Waals surface area contributed by atoms with Gasteiger partial charge in [-0.05, 0) is 0 Å². The van der Waals surface area contributed by atoms with Gasteiger partial charge in [-0.15, -0.1) is 0 Å². The molecule has 0 aliphatic carbocycles. The Bertz CT molecular complexity index is 52.9. The highest BCUT2D eigenvalue weighted by molar-refractivity contribution is 7.38. The molecule has 0 saturated carbocycles. The van der Waals surface area contributed by atoms with Crippen LogP contribution in [-0.4, -0.2) is 14.7 Å². The molecule has 11 heavy (non-hydrogen) atoms. The molecule has 0 saturated heterocycles. The zero-order valence-corrected chi connectivity index (χ0v) is 8.22. The highest BCUT2D eigenvalue weighted by Gasteiger charge is 1.80. The first kappa shape index (κ1) is 13.9. The minimum atomic E-state index is -2.62. The molecule has 0 bridgehead atoms. The predicted molar refractivity (Wildman–Crippen MR) is 48.0 cm³/mol. The van der Waals surface area contributed by atoms with Crippen LogP contribution in [-0.2, 0) is 0 Å². The summed E-state index contributed by atoms with van der Waals surface area (Å²) < 4.78 is 0. The fraction of sp³-hybridized carbons (Fsp3) is 1.00. The second-order valence-electron chi connectivity index (χ2n) is 2.33. The van der Waals surface area contributed by atoms with Crippen molar-refractivity contribution in [2.75, 3.05) is 0 Å². The molecule has 0 fully saturated rings. The molecule has 3 nitrogen and oxygen atoms in total. The van der Waals surface area contributed by atoms with E-state index in [0.717, 1.165) is 0 Å². The van der Waals surface area contributed by atoms with Gasteiger partial charge in [0.2, 0.25) is 0 Å². The first-order valence-corrected chi connectivity index (χ1v) is 5.21. The molecular weight excluding hydrogens is 163 g/mol. The van der Waals surface area contributed by atoms with Crippen molar-refractivity contribution in [2.24, 2.45) is 0 Å². The number of hydrogen-bond donors (Lipinski definition) is 3. The van der Waals surface area contributed by atoms with E-state index in [4.69, 9.17) is 14.7 Å². The van der Waals surface area contributed by atoms with Gasteiger partial charge in [0, 0.05) is 0 Å². The van der Waals surface area contributed by atoms with Crippen LogP contribution in [0, 0.1) is 0 Å². The third kappa shape index (κ3) is 38.3. The van der Waals surface area contributed by atoms with Gasteiger partial charge in [0.25, 0.3) is 0 Å². The highest BCUT2D eigenvalue weighted by atomic mass is 31.2. The molecule has 0 aliphatic heterocycles. The topological polar surface area (TPSA) is 60.7 Å². The maximum absolute atomic E-state index is 7.23. The smallest absolute Gasteiger partial charge is 0.324 e. The Morgan fingerprint density at radius 2 is 1.09 bits per heavy atom. The summed E-state index contributed by atoms with van der Waals surface area (Å²) >= 11 is 0. The van der Waals surface area contributed by atoms with E-state index in [1.807, 2.05) is 0 Å². The van der Waals surface area contributed by atoms with Gasteiger partial charge >= 0.3 is 8.60 Å². The van der Waals surface area contributed by atoms with E-state index in [2.05, 4.69) is 13.8 Å². The van der Waals surface area contributed by atoms with Crippen molar-refractivity contribution < 1.29 is 14.7 Å². The Morgan fingerprint density at radius 3 is 1.27 bits per heavy atom. The van der Waals surface area contributed by atoms with Crippen molar-refractivity contribution in [3.63, 3.8) is 0 Å². The van der Waals surface area contributed by atoms with E-state index in [1.54, 1.807) is 0 Å². The van der Waals surface area contributed by atoms with Gasteiger partial charge in [-0.3, -0.25) is 0 Å². The van der Waals surface area contributed by atoms with E-state index in [-0.39, 0.29) is 0 Å². The summed E-state index contributed by atoms with van der Waals surface area (Å²) in [6, 6.07) is 0. The van der Waals surface area contributed by atoms with Crippen molar-refractivity contribution in [1.82, 2.24) is 0 Å². The van der Waals surface area contributed by atoms with Gasteiger partial charge in [-0.1, -0.05) is 46.0 Å². The van der Waals surface area contributed by atoms with Gasteiger partial charge in [0.05, 0.1) is 0 Å². The Morgan fingerprint density at radius 1 is 0.818 bits per heavy atom. The minimum absolute atomic E-state index is 1.36. The molecule has 0 aromatic carbocycles. The monoisotopic (exact) mass is 182 g/mol. The van der Waals surface area contributed by atoms with Gasteiger partial charge in [0.1, 0.15) is 0 Å². The summed E-state index contributed by atoms with van der Waals surface area (Å²) in [5, 5.41) is 0. The van der Waals surface area contributed by atoms with Gasteiger partial charge in [-0.25, -0.2) is 0 Å². The Hall–Kier alpha value is 0.310. The van der Waals surface area contributed by atoms with Crippen LogP contribution >= 0.6 is 8.60 Å².